The Hall–Kier alpha value is -2.71. The van der Waals surface area contributed by atoms with Gasteiger partial charge in [0, 0.05) is 41.8 Å². The van der Waals surface area contributed by atoms with E-state index in [0.29, 0.717) is 29.0 Å². The van der Waals surface area contributed by atoms with Crippen LogP contribution in [-0.2, 0) is 0 Å². The third kappa shape index (κ3) is 3.42. The lowest BCUT2D eigenvalue weighted by atomic mass is 9.91. The van der Waals surface area contributed by atoms with Gasteiger partial charge >= 0.3 is 0 Å². The summed E-state index contributed by atoms with van der Waals surface area (Å²) in [6.45, 7) is 0. The van der Waals surface area contributed by atoms with Gasteiger partial charge in [-0.1, -0.05) is 11.6 Å². The lowest BCUT2D eigenvalue weighted by Crippen LogP contribution is -2.36. The standard InChI is InChI=1S/C20H23ClN8/c1-27(2)15-5-3-14(4-6-15)25-19-22-10-17-16(7-8-29(17)26-19)13-9-23-20-24-11-18(21)28(20)12-13/h7-12,14-15H,3-6H2,1-2H3,(H,25,26)/t14-,15-. The van der Waals surface area contributed by atoms with Crippen molar-refractivity contribution in [1.29, 1.82) is 0 Å². The number of halogens is 1. The average Bonchev–Trinajstić information content (AvgIpc) is 3.31. The molecule has 0 unspecified atom stereocenters. The van der Waals surface area contributed by atoms with E-state index >= 15 is 0 Å². The van der Waals surface area contributed by atoms with Gasteiger partial charge in [-0.05, 0) is 45.8 Å². The maximum Gasteiger partial charge on any atom is 0.241 e. The van der Waals surface area contributed by atoms with Crippen molar-refractivity contribution < 1.29 is 0 Å². The van der Waals surface area contributed by atoms with Gasteiger partial charge in [0.1, 0.15) is 5.15 Å². The summed E-state index contributed by atoms with van der Waals surface area (Å²) in [5.41, 5.74) is 2.86. The Bertz CT molecular complexity index is 1160. The van der Waals surface area contributed by atoms with Crippen molar-refractivity contribution in [3.63, 3.8) is 0 Å². The van der Waals surface area contributed by atoms with Crippen LogP contribution < -0.4 is 5.32 Å². The first-order chi connectivity index (χ1) is 14.1. The maximum absolute atomic E-state index is 6.18. The molecule has 0 aliphatic heterocycles. The number of nitrogens with one attached hydrogen (secondary N) is 1. The van der Waals surface area contributed by atoms with E-state index in [0.717, 1.165) is 29.5 Å². The number of anilines is 1. The van der Waals surface area contributed by atoms with Gasteiger partial charge in [-0.2, -0.15) is 0 Å². The molecular weight excluding hydrogens is 388 g/mol. The largest absolute Gasteiger partial charge is 0.350 e. The SMILES string of the molecule is CN(C)[C@H]1CC[C@H](Nc2ncc3c(-c4cnc5ncc(Cl)n5c4)ccn3n2)CC1. The van der Waals surface area contributed by atoms with E-state index in [9.17, 15) is 0 Å². The molecule has 0 saturated heterocycles. The normalized spacial score (nSPS) is 20.0. The number of aromatic nitrogens is 6. The molecule has 4 aromatic heterocycles. The number of fused-ring (bicyclic) bond motifs is 2. The molecule has 0 radical (unpaired) electrons. The highest BCUT2D eigenvalue weighted by Gasteiger charge is 2.23. The van der Waals surface area contributed by atoms with Gasteiger partial charge in [-0.3, -0.25) is 4.40 Å². The number of rotatable bonds is 4. The summed E-state index contributed by atoms with van der Waals surface area (Å²) in [7, 11) is 4.32. The van der Waals surface area contributed by atoms with E-state index in [2.05, 4.69) is 44.4 Å². The highest BCUT2D eigenvalue weighted by atomic mass is 35.5. The van der Waals surface area contributed by atoms with Gasteiger partial charge in [-0.25, -0.2) is 19.5 Å². The van der Waals surface area contributed by atoms with Crippen LogP contribution in [0.1, 0.15) is 25.7 Å². The first-order valence-corrected chi connectivity index (χ1v) is 10.2. The molecule has 4 heterocycles. The van der Waals surface area contributed by atoms with Crippen molar-refractivity contribution in [3.8, 4) is 11.1 Å². The molecule has 0 aromatic carbocycles. The predicted octanol–water partition coefficient (Wildman–Crippen LogP) is 3.38. The summed E-state index contributed by atoms with van der Waals surface area (Å²) in [5, 5.41) is 8.70. The Morgan fingerprint density at radius 1 is 1.07 bits per heavy atom. The molecule has 1 aliphatic rings. The van der Waals surface area contributed by atoms with E-state index in [4.69, 9.17) is 11.6 Å². The minimum absolute atomic E-state index is 0.425. The topological polar surface area (TPSA) is 75.6 Å². The summed E-state index contributed by atoms with van der Waals surface area (Å²) in [4.78, 5) is 15.4. The minimum Gasteiger partial charge on any atom is -0.350 e. The van der Waals surface area contributed by atoms with Crippen molar-refractivity contribution in [1.82, 2.24) is 33.9 Å². The molecule has 150 valence electrons. The van der Waals surface area contributed by atoms with E-state index in [1.165, 1.54) is 12.8 Å². The van der Waals surface area contributed by atoms with Crippen LogP contribution in [0, 0.1) is 0 Å². The fourth-order valence-corrected chi connectivity index (χ4v) is 4.29. The van der Waals surface area contributed by atoms with Crippen LogP contribution in [0.3, 0.4) is 0 Å². The highest BCUT2D eigenvalue weighted by molar-refractivity contribution is 6.29. The van der Waals surface area contributed by atoms with E-state index in [1.54, 1.807) is 16.8 Å². The number of nitrogens with zero attached hydrogens (tertiary/aromatic N) is 7. The molecule has 5 rings (SSSR count). The Labute approximate surface area is 173 Å². The summed E-state index contributed by atoms with van der Waals surface area (Å²) >= 11 is 6.18. The molecule has 0 bridgehead atoms. The molecule has 0 spiro atoms. The Kier molecular flexibility index (Phi) is 4.60. The molecule has 1 fully saturated rings. The quantitative estimate of drug-likeness (QED) is 0.556. The Balaban J connectivity index is 1.38. The van der Waals surface area contributed by atoms with Gasteiger partial charge in [0.15, 0.2) is 0 Å². The van der Waals surface area contributed by atoms with E-state index in [1.807, 2.05) is 29.2 Å². The fraction of sp³-hybridized carbons (Fsp3) is 0.400. The summed E-state index contributed by atoms with van der Waals surface area (Å²) in [6.07, 6.45) is 13.8. The Morgan fingerprint density at radius 3 is 2.66 bits per heavy atom. The molecule has 0 atom stereocenters. The van der Waals surface area contributed by atoms with Gasteiger partial charge in [-0.15, -0.1) is 5.10 Å². The van der Waals surface area contributed by atoms with Crippen molar-refractivity contribution in [2.24, 2.45) is 0 Å². The second kappa shape index (κ2) is 7.27. The lowest BCUT2D eigenvalue weighted by molar-refractivity contribution is 0.221. The van der Waals surface area contributed by atoms with Crippen LogP contribution in [0.2, 0.25) is 5.15 Å². The smallest absolute Gasteiger partial charge is 0.241 e. The van der Waals surface area contributed by atoms with Crippen molar-refractivity contribution in [2.45, 2.75) is 37.8 Å². The van der Waals surface area contributed by atoms with Crippen molar-refractivity contribution >= 4 is 28.8 Å². The zero-order valence-electron chi connectivity index (χ0n) is 16.5. The van der Waals surface area contributed by atoms with Crippen LogP contribution in [0.5, 0.6) is 0 Å². The van der Waals surface area contributed by atoms with E-state index in [-0.39, 0.29) is 0 Å². The lowest BCUT2D eigenvalue weighted by Gasteiger charge is -2.32. The van der Waals surface area contributed by atoms with Crippen molar-refractivity contribution in [2.75, 3.05) is 19.4 Å². The number of imidazole rings is 1. The third-order valence-corrected chi connectivity index (χ3v) is 6.09. The first-order valence-electron chi connectivity index (χ1n) is 9.85. The zero-order chi connectivity index (χ0) is 20.0. The average molecular weight is 411 g/mol. The van der Waals surface area contributed by atoms with Gasteiger partial charge in [0.25, 0.3) is 0 Å². The molecule has 9 heteroatoms. The monoisotopic (exact) mass is 410 g/mol. The van der Waals surface area contributed by atoms with Crippen LogP contribution in [0.4, 0.5) is 5.95 Å². The molecule has 1 saturated carbocycles. The van der Waals surface area contributed by atoms with Crippen LogP contribution in [-0.4, -0.2) is 60.0 Å². The molecule has 1 aliphatic carbocycles. The first kappa shape index (κ1) is 18.3. The van der Waals surface area contributed by atoms with Gasteiger partial charge in [0.05, 0.1) is 17.9 Å². The third-order valence-electron chi connectivity index (χ3n) is 5.81. The number of hydrogen-bond donors (Lipinski definition) is 1. The van der Waals surface area contributed by atoms with Crippen LogP contribution in [0.25, 0.3) is 22.4 Å². The second-order valence-corrected chi connectivity index (χ2v) is 8.24. The maximum atomic E-state index is 6.18. The molecule has 8 nitrogen and oxygen atoms in total. The minimum atomic E-state index is 0.425. The van der Waals surface area contributed by atoms with E-state index < -0.39 is 0 Å². The summed E-state index contributed by atoms with van der Waals surface area (Å²) in [6, 6.07) is 3.12. The zero-order valence-corrected chi connectivity index (χ0v) is 17.2. The number of hydrogen-bond acceptors (Lipinski definition) is 6. The van der Waals surface area contributed by atoms with Crippen molar-refractivity contribution in [3.05, 3.63) is 42.2 Å². The summed E-state index contributed by atoms with van der Waals surface area (Å²) < 4.78 is 3.62. The van der Waals surface area contributed by atoms with Crippen LogP contribution in [0.15, 0.2) is 37.1 Å². The van der Waals surface area contributed by atoms with Gasteiger partial charge < -0.3 is 10.2 Å². The predicted molar refractivity (Wildman–Crippen MR) is 113 cm³/mol. The molecule has 0 amide bonds. The fourth-order valence-electron chi connectivity index (χ4n) is 4.11. The highest BCUT2D eigenvalue weighted by Crippen LogP contribution is 2.27. The Morgan fingerprint density at radius 2 is 1.86 bits per heavy atom. The molecule has 1 N–H and O–H groups in total. The molecule has 4 aromatic rings. The molecular formula is C20H23ClN8. The molecule has 29 heavy (non-hydrogen) atoms. The van der Waals surface area contributed by atoms with Crippen LogP contribution >= 0.6 is 11.6 Å². The second-order valence-electron chi connectivity index (χ2n) is 7.85. The van der Waals surface area contributed by atoms with Gasteiger partial charge in [0.2, 0.25) is 11.7 Å². The summed E-state index contributed by atoms with van der Waals surface area (Å²) in [5.74, 6) is 1.24.